The van der Waals surface area contributed by atoms with Gasteiger partial charge in [0, 0.05) is 100 Å². The van der Waals surface area contributed by atoms with Crippen LogP contribution in [0.15, 0.2) is 82.9 Å². The molecule has 388 valence electrons. The fourth-order valence-corrected chi connectivity index (χ4v) is 10.3. The number of hydrogen-bond acceptors (Lipinski definition) is 15. The molecule has 73 heavy (non-hydrogen) atoms. The highest BCUT2D eigenvalue weighted by Gasteiger charge is 2.35. The SMILES string of the molecule is Cc1cnc2ccc(=O)n(CCN3CCC(N(Cc4cc5c(cn4)OCCO5)C(=O)OC(C)(C)C)CC3C)c2c1.Cc1cnc2ccc(=O)n(CCN3CCC(NCc4cc5c(cn4)OCCO5)CC3C)c2c1. The van der Waals surface area contributed by atoms with Crippen molar-refractivity contribution >= 4 is 28.2 Å². The minimum Gasteiger partial charge on any atom is -0.486 e. The quantitative estimate of drug-likeness (QED) is 0.137. The molecule has 0 spiro atoms. The van der Waals surface area contributed by atoms with Crippen LogP contribution in [0.4, 0.5) is 4.79 Å². The Morgan fingerprint density at radius 1 is 0.658 bits per heavy atom. The van der Waals surface area contributed by atoms with Gasteiger partial charge in [-0.05, 0) is 116 Å². The van der Waals surface area contributed by atoms with E-state index in [1.165, 1.54) is 0 Å². The molecule has 4 aliphatic heterocycles. The molecule has 6 aromatic heterocycles. The molecule has 1 amide bonds. The van der Waals surface area contributed by atoms with Gasteiger partial charge in [0.25, 0.3) is 11.1 Å². The Kier molecular flexibility index (Phi) is 15.9. The van der Waals surface area contributed by atoms with Crippen molar-refractivity contribution in [2.45, 2.75) is 130 Å². The van der Waals surface area contributed by atoms with Gasteiger partial charge in [-0.25, -0.2) is 4.79 Å². The molecule has 0 aliphatic carbocycles. The number of nitrogens with zero attached hydrogens (tertiary/aromatic N) is 9. The summed E-state index contributed by atoms with van der Waals surface area (Å²) in [7, 11) is 0. The van der Waals surface area contributed by atoms with Crippen LogP contribution >= 0.6 is 0 Å². The van der Waals surface area contributed by atoms with E-state index in [2.05, 4.69) is 55.0 Å². The van der Waals surface area contributed by atoms with E-state index in [4.69, 9.17) is 23.7 Å². The summed E-state index contributed by atoms with van der Waals surface area (Å²) in [5.41, 5.74) is 6.64. The number of ether oxygens (including phenoxy) is 5. The van der Waals surface area contributed by atoms with Crippen molar-refractivity contribution in [3.8, 4) is 23.0 Å². The van der Waals surface area contributed by atoms with Crippen molar-refractivity contribution in [3.05, 3.63) is 117 Å². The first kappa shape index (κ1) is 51.3. The summed E-state index contributed by atoms with van der Waals surface area (Å²) in [6.07, 6.45) is 10.4. The van der Waals surface area contributed by atoms with Gasteiger partial charge in [-0.15, -0.1) is 0 Å². The van der Waals surface area contributed by atoms with Gasteiger partial charge in [-0.1, -0.05) is 0 Å². The first-order valence-corrected chi connectivity index (χ1v) is 25.8. The number of pyridine rings is 6. The molecule has 1 N–H and O–H groups in total. The molecule has 6 aromatic rings. The summed E-state index contributed by atoms with van der Waals surface area (Å²) in [5.74, 6) is 2.78. The van der Waals surface area contributed by atoms with Crippen molar-refractivity contribution in [3.63, 3.8) is 0 Å². The van der Waals surface area contributed by atoms with Gasteiger partial charge in [-0.3, -0.25) is 44.2 Å². The molecule has 4 unspecified atom stereocenters. The Bertz CT molecular complexity index is 3030. The normalized spacial score (nSPS) is 20.0. The lowest BCUT2D eigenvalue weighted by atomic mass is 9.96. The predicted molar refractivity (Wildman–Crippen MR) is 279 cm³/mol. The largest absolute Gasteiger partial charge is 0.486 e. The number of amides is 1. The van der Waals surface area contributed by atoms with Crippen LogP contribution in [0.3, 0.4) is 0 Å². The summed E-state index contributed by atoms with van der Waals surface area (Å²) in [6, 6.07) is 15.8. The van der Waals surface area contributed by atoms with Crippen LogP contribution in [0.1, 0.15) is 82.8 Å². The van der Waals surface area contributed by atoms with E-state index in [0.29, 0.717) is 76.2 Å². The van der Waals surface area contributed by atoms with E-state index >= 15 is 0 Å². The maximum absolute atomic E-state index is 13.4. The summed E-state index contributed by atoms with van der Waals surface area (Å²) >= 11 is 0. The van der Waals surface area contributed by atoms with E-state index in [1.807, 2.05) is 80.4 Å². The molecular formula is C55H70N10O8. The van der Waals surface area contributed by atoms with Crippen LogP contribution in [0.25, 0.3) is 22.1 Å². The fraction of sp³-hybridized carbons (Fsp3) is 0.509. The Morgan fingerprint density at radius 3 is 1.70 bits per heavy atom. The van der Waals surface area contributed by atoms with E-state index in [0.717, 1.165) is 108 Å². The van der Waals surface area contributed by atoms with Gasteiger partial charge in [0.15, 0.2) is 23.0 Å². The lowest BCUT2D eigenvalue weighted by Gasteiger charge is -2.42. The average molecular weight is 999 g/mol. The van der Waals surface area contributed by atoms with Gasteiger partial charge in [-0.2, -0.15) is 0 Å². The third-order valence-corrected chi connectivity index (χ3v) is 14.1. The van der Waals surface area contributed by atoms with E-state index < -0.39 is 5.60 Å². The third kappa shape index (κ3) is 12.8. The highest BCUT2D eigenvalue weighted by atomic mass is 16.6. The number of piperidine rings is 2. The van der Waals surface area contributed by atoms with Crippen LogP contribution in [0, 0.1) is 13.8 Å². The summed E-state index contributed by atoms with van der Waals surface area (Å²) in [6.45, 7) is 21.9. The third-order valence-electron chi connectivity index (χ3n) is 14.1. The van der Waals surface area contributed by atoms with Crippen LogP contribution < -0.4 is 35.4 Å². The number of aromatic nitrogens is 6. The summed E-state index contributed by atoms with van der Waals surface area (Å²) < 4.78 is 32.0. The van der Waals surface area contributed by atoms with Gasteiger partial charge >= 0.3 is 6.09 Å². The molecule has 2 saturated heterocycles. The lowest BCUT2D eigenvalue weighted by Crippen LogP contribution is -2.52. The topological polar surface area (TPSA) is 181 Å². The maximum atomic E-state index is 13.4. The van der Waals surface area contributed by atoms with E-state index in [9.17, 15) is 14.4 Å². The second-order valence-electron chi connectivity index (χ2n) is 20.8. The van der Waals surface area contributed by atoms with Gasteiger partial charge in [0.1, 0.15) is 32.0 Å². The first-order valence-electron chi connectivity index (χ1n) is 25.8. The predicted octanol–water partition coefficient (Wildman–Crippen LogP) is 6.68. The Morgan fingerprint density at radius 2 is 1.16 bits per heavy atom. The molecular weight excluding hydrogens is 929 g/mol. The van der Waals surface area contributed by atoms with E-state index in [-0.39, 0.29) is 29.3 Å². The number of likely N-dealkylation sites (tertiary alicyclic amines) is 2. The number of rotatable bonds is 12. The fourth-order valence-electron chi connectivity index (χ4n) is 10.3. The smallest absolute Gasteiger partial charge is 0.410 e. The molecule has 0 radical (unpaired) electrons. The molecule has 4 atom stereocenters. The molecule has 4 aliphatic rings. The zero-order valence-corrected chi connectivity index (χ0v) is 43.3. The van der Waals surface area contributed by atoms with Crippen molar-refractivity contribution < 1.29 is 28.5 Å². The molecule has 0 aromatic carbocycles. The zero-order valence-electron chi connectivity index (χ0n) is 43.3. The number of carbonyl (C=O) groups excluding carboxylic acids is 1. The first-order chi connectivity index (χ1) is 35.1. The highest BCUT2D eigenvalue weighted by Crippen LogP contribution is 2.32. The van der Waals surface area contributed by atoms with Crippen LogP contribution in [0.2, 0.25) is 0 Å². The van der Waals surface area contributed by atoms with Crippen LogP contribution in [-0.2, 0) is 30.9 Å². The van der Waals surface area contributed by atoms with Gasteiger partial charge in [0.2, 0.25) is 0 Å². The molecule has 2 fully saturated rings. The van der Waals surface area contributed by atoms with Crippen molar-refractivity contribution in [2.75, 3.05) is 52.6 Å². The standard InChI is InChI=1S/C30H39N5O5.C25H31N5O3/c1-20-14-25-24(32-17-20)6-7-28(36)34(25)11-10-33-9-8-23(15-21(33)2)35(29(37)40-30(3,4)5)19-22-16-26-27(18-31-22)39-13-12-38-26;1-17-11-22-21(28-14-17)3-4-25(31)30(22)8-7-29-6-5-19(12-18(29)2)26-15-20-13-23-24(16-27-20)33-10-9-32-23/h6-7,14,16-18,21,23H,8-13,15,19H2,1-5H3;3-4,11,13-14,16,18-19,26H,5-10,12,15H2,1-2H3. The van der Waals surface area contributed by atoms with Gasteiger partial charge in [0.05, 0.1) is 52.4 Å². The minimum atomic E-state index is -0.610. The van der Waals surface area contributed by atoms with Crippen LogP contribution in [0.5, 0.6) is 23.0 Å². The Balaban J connectivity index is 0.000000183. The van der Waals surface area contributed by atoms with Crippen LogP contribution in [-0.4, -0.2) is 132 Å². The maximum Gasteiger partial charge on any atom is 0.410 e. The van der Waals surface area contributed by atoms with Crippen molar-refractivity contribution in [1.82, 2.24) is 49.1 Å². The number of hydrogen-bond donors (Lipinski definition) is 1. The summed E-state index contributed by atoms with van der Waals surface area (Å²) in [4.78, 5) is 63.3. The number of aryl methyl sites for hydroxylation is 2. The second-order valence-corrected chi connectivity index (χ2v) is 20.8. The number of nitrogens with one attached hydrogen (secondary N) is 1. The Labute approximate surface area is 426 Å². The molecule has 18 nitrogen and oxygen atoms in total. The lowest BCUT2D eigenvalue weighted by molar-refractivity contribution is -0.000180. The summed E-state index contributed by atoms with van der Waals surface area (Å²) in [5, 5.41) is 3.66. The minimum absolute atomic E-state index is 0.0109. The van der Waals surface area contributed by atoms with E-state index in [1.54, 1.807) is 35.5 Å². The zero-order chi connectivity index (χ0) is 51.2. The van der Waals surface area contributed by atoms with Gasteiger partial charge < -0.3 is 38.1 Å². The molecule has 18 heteroatoms. The molecule has 0 saturated carbocycles. The molecule has 0 bridgehead atoms. The molecule has 10 rings (SSSR count). The average Bonchev–Trinajstić information content (AvgIpc) is 3.37. The second kappa shape index (κ2) is 22.6. The monoisotopic (exact) mass is 999 g/mol. The number of fused-ring (bicyclic) bond motifs is 4. The van der Waals surface area contributed by atoms with Crippen molar-refractivity contribution in [2.24, 2.45) is 0 Å². The number of carbonyl (C=O) groups is 1. The molecule has 10 heterocycles. The Hall–Kier alpha value is -6.63. The highest BCUT2D eigenvalue weighted by molar-refractivity contribution is 5.75. The van der Waals surface area contributed by atoms with Crippen molar-refractivity contribution in [1.29, 1.82) is 0 Å².